The van der Waals surface area contributed by atoms with Gasteiger partial charge in [-0.05, 0) is 11.1 Å². The predicted molar refractivity (Wildman–Crippen MR) is 64.7 cm³/mol. The zero-order valence-electron chi connectivity index (χ0n) is 9.43. The summed E-state index contributed by atoms with van der Waals surface area (Å²) in [5, 5.41) is 18.1. The van der Waals surface area contributed by atoms with Crippen molar-refractivity contribution in [1.82, 2.24) is 0 Å². The van der Waals surface area contributed by atoms with Gasteiger partial charge in [0, 0.05) is 5.56 Å². The van der Waals surface area contributed by atoms with E-state index < -0.39 is 24.0 Å². The summed E-state index contributed by atoms with van der Waals surface area (Å²) in [5.74, 6) is -2.23. The molecular weight excluding hydrogens is 235 g/mol. The van der Waals surface area contributed by atoms with Gasteiger partial charge in [-0.1, -0.05) is 42.5 Å². The Balaban J connectivity index is 2.69. The fourth-order valence-electron chi connectivity index (χ4n) is 1.81. The molecular formula is C14H11FO3. The van der Waals surface area contributed by atoms with Gasteiger partial charge in [0.2, 0.25) is 0 Å². The van der Waals surface area contributed by atoms with Crippen LogP contribution in [-0.4, -0.2) is 16.2 Å². The first-order chi connectivity index (χ1) is 8.65. The van der Waals surface area contributed by atoms with Gasteiger partial charge in [-0.2, -0.15) is 0 Å². The first kappa shape index (κ1) is 12.3. The van der Waals surface area contributed by atoms with Crippen LogP contribution >= 0.6 is 0 Å². The molecule has 0 amide bonds. The minimum Gasteiger partial charge on any atom is -0.478 e. The van der Waals surface area contributed by atoms with Crippen LogP contribution in [0.4, 0.5) is 4.39 Å². The van der Waals surface area contributed by atoms with Gasteiger partial charge in [0.1, 0.15) is 11.4 Å². The number of carboxylic acids is 1. The van der Waals surface area contributed by atoms with E-state index in [1.54, 1.807) is 30.3 Å². The van der Waals surface area contributed by atoms with Gasteiger partial charge in [-0.15, -0.1) is 0 Å². The highest BCUT2D eigenvalue weighted by Crippen LogP contribution is 2.27. The van der Waals surface area contributed by atoms with Crippen molar-refractivity contribution in [1.29, 1.82) is 0 Å². The van der Waals surface area contributed by atoms with E-state index in [0.717, 1.165) is 0 Å². The number of aliphatic hydroxyl groups is 1. The molecule has 2 aromatic rings. The molecule has 0 heterocycles. The summed E-state index contributed by atoms with van der Waals surface area (Å²) in [6, 6.07) is 11.6. The Morgan fingerprint density at radius 1 is 1.11 bits per heavy atom. The maximum absolute atomic E-state index is 13.9. The molecule has 0 aromatic heterocycles. The van der Waals surface area contributed by atoms with Crippen molar-refractivity contribution in [2.24, 2.45) is 0 Å². The molecule has 0 saturated heterocycles. The molecule has 18 heavy (non-hydrogen) atoms. The molecule has 0 aliphatic carbocycles. The van der Waals surface area contributed by atoms with E-state index in [9.17, 15) is 9.18 Å². The Kier molecular flexibility index (Phi) is 3.39. The number of carboxylic acid groups (broad SMARTS) is 1. The summed E-state index contributed by atoms with van der Waals surface area (Å²) in [7, 11) is 0. The molecule has 4 heteroatoms. The largest absolute Gasteiger partial charge is 0.478 e. The van der Waals surface area contributed by atoms with E-state index in [-0.39, 0.29) is 5.56 Å². The third-order valence-corrected chi connectivity index (χ3v) is 2.69. The number of halogens is 1. The van der Waals surface area contributed by atoms with Crippen molar-refractivity contribution >= 4 is 5.97 Å². The van der Waals surface area contributed by atoms with Crippen LogP contribution in [0.2, 0.25) is 0 Å². The Bertz CT molecular complexity index is 579. The summed E-state index contributed by atoms with van der Waals surface area (Å²) in [6.07, 6.45) is 0. The fraction of sp³-hybridized carbons (Fsp3) is 0.0714. The minimum absolute atomic E-state index is 0.0212. The molecule has 0 atom stereocenters. The van der Waals surface area contributed by atoms with Crippen molar-refractivity contribution in [3.05, 3.63) is 59.4 Å². The number of aromatic carboxylic acids is 1. The van der Waals surface area contributed by atoms with Gasteiger partial charge in [0.25, 0.3) is 0 Å². The van der Waals surface area contributed by atoms with Crippen LogP contribution in [0.1, 0.15) is 15.9 Å². The summed E-state index contributed by atoms with van der Waals surface area (Å²) in [6.45, 7) is -0.527. The van der Waals surface area contributed by atoms with Gasteiger partial charge >= 0.3 is 5.97 Å². The maximum atomic E-state index is 13.9. The first-order valence-corrected chi connectivity index (χ1v) is 5.36. The molecule has 0 bridgehead atoms. The van der Waals surface area contributed by atoms with Gasteiger partial charge < -0.3 is 10.2 Å². The topological polar surface area (TPSA) is 57.5 Å². The second-order valence-electron chi connectivity index (χ2n) is 3.79. The molecule has 0 radical (unpaired) electrons. The molecule has 0 aliphatic heterocycles. The Morgan fingerprint density at radius 2 is 1.78 bits per heavy atom. The monoisotopic (exact) mass is 246 g/mol. The summed E-state index contributed by atoms with van der Waals surface area (Å²) >= 11 is 0. The quantitative estimate of drug-likeness (QED) is 0.875. The number of benzene rings is 2. The maximum Gasteiger partial charge on any atom is 0.339 e. The highest BCUT2D eigenvalue weighted by molar-refractivity contribution is 5.96. The lowest BCUT2D eigenvalue weighted by Crippen LogP contribution is -2.06. The molecule has 92 valence electrons. The number of hydrogen-bond acceptors (Lipinski definition) is 2. The van der Waals surface area contributed by atoms with E-state index in [2.05, 4.69) is 0 Å². The van der Waals surface area contributed by atoms with Crippen LogP contribution in [0.15, 0.2) is 42.5 Å². The Hall–Kier alpha value is -2.20. The van der Waals surface area contributed by atoms with Gasteiger partial charge in [0.15, 0.2) is 0 Å². The number of aliphatic hydroxyl groups excluding tert-OH is 1. The average molecular weight is 246 g/mol. The third kappa shape index (κ3) is 2.10. The molecule has 0 spiro atoms. The molecule has 0 saturated carbocycles. The fourth-order valence-corrected chi connectivity index (χ4v) is 1.81. The predicted octanol–water partition coefficient (Wildman–Crippen LogP) is 2.68. The molecule has 0 fully saturated rings. The number of carbonyl (C=O) groups is 1. The van der Waals surface area contributed by atoms with Crippen molar-refractivity contribution in [3.63, 3.8) is 0 Å². The first-order valence-electron chi connectivity index (χ1n) is 5.36. The summed E-state index contributed by atoms with van der Waals surface area (Å²) in [4.78, 5) is 11.2. The second kappa shape index (κ2) is 4.98. The van der Waals surface area contributed by atoms with Crippen LogP contribution in [0.3, 0.4) is 0 Å². The van der Waals surface area contributed by atoms with Crippen LogP contribution in [0.5, 0.6) is 0 Å². The average Bonchev–Trinajstić information content (AvgIpc) is 2.39. The van der Waals surface area contributed by atoms with Crippen LogP contribution in [0.25, 0.3) is 11.1 Å². The lowest BCUT2D eigenvalue weighted by molar-refractivity contribution is 0.0692. The highest BCUT2D eigenvalue weighted by atomic mass is 19.1. The van der Waals surface area contributed by atoms with Gasteiger partial charge in [0.05, 0.1) is 6.61 Å². The number of hydrogen-bond donors (Lipinski definition) is 2. The smallest absolute Gasteiger partial charge is 0.339 e. The van der Waals surface area contributed by atoms with Gasteiger partial charge in [-0.25, -0.2) is 9.18 Å². The van der Waals surface area contributed by atoms with E-state index in [1.165, 1.54) is 12.1 Å². The van der Waals surface area contributed by atoms with Crippen LogP contribution in [-0.2, 0) is 6.61 Å². The van der Waals surface area contributed by atoms with Crippen molar-refractivity contribution in [3.8, 4) is 11.1 Å². The van der Waals surface area contributed by atoms with E-state index in [4.69, 9.17) is 10.2 Å². The third-order valence-electron chi connectivity index (χ3n) is 2.69. The Morgan fingerprint density at radius 3 is 2.33 bits per heavy atom. The zero-order chi connectivity index (χ0) is 13.1. The van der Waals surface area contributed by atoms with Crippen LogP contribution < -0.4 is 0 Å². The summed E-state index contributed by atoms with van der Waals surface area (Å²) < 4.78 is 13.9. The van der Waals surface area contributed by atoms with E-state index in [0.29, 0.717) is 11.1 Å². The lowest BCUT2D eigenvalue weighted by atomic mass is 9.97. The molecule has 3 nitrogen and oxygen atoms in total. The van der Waals surface area contributed by atoms with Crippen molar-refractivity contribution in [2.45, 2.75) is 6.61 Å². The normalized spacial score (nSPS) is 10.3. The second-order valence-corrected chi connectivity index (χ2v) is 3.79. The van der Waals surface area contributed by atoms with Gasteiger partial charge in [-0.3, -0.25) is 0 Å². The number of rotatable bonds is 3. The molecule has 2 N–H and O–H groups in total. The Labute approximate surface area is 103 Å². The minimum atomic E-state index is -1.35. The lowest BCUT2D eigenvalue weighted by Gasteiger charge is -2.10. The summed E-state index contributed by atoms with van der Waals surface area (Å²) in [5.41, 5.74) is 0.496. The van der Waals surface area contributed by atoms with E-state index >= 15 is 0 Å². The highest BCUT2D eigenvalue weighted by Gasteiger charge is 2.19. The van der Waals surface area contributed by atoms with Crippen LogP contribution in [0, 0.1) is 5.82 Å². The standard InChI is InChI=1S/C14H11FO3/c15-13-10(8-16)6-7-11(12(13)14(17)18)9-4-2-1-3-5-9/h1-7,16H,8H2,(H,17,18). The van der Waals surface area contributed by atoms with Crippen molar-refractivity contribution < 1.29 is 19.4 Å². The molecule has 0 unspecified atom stereocenters. The zero-order valence-corrected chi connectivity index (χ0v) is 9.43. The molecule has 2 rings (SSSR count). The van der Waals surface area contributed by atoms with E-state index in [1.807, 2.05) is 0 Å². The molecule has 2 aromatic carbocycles. The molecule has 0 aliphatic rings. The van der Waals surface area contributed by atoms with Crippen molar-refractivity contribution in [2.75, 3.05) is 0 Å². The SMILES string of the molecule is O=C(O)c1c(-c2ccccc2)ccc(CO)c1F.